The molecule has 0 bridgehead atoms. The molecule has 1 heterocycles. The summed E-state index contributed by atoms with van der Waals surface area (Å²) in [5.41, 5.74) is 1.58. The summed E-state index contributed by atoms with van der Waals surface area (Å²) in [6, 6.07) is 3.29. The fraction of sp³-hybridized carbons (Fsp3) is 0.467. The van der Waals surface area contributed by atoms with Crippen molar-refractivity contribution >= 4 is 5.97 Å². The third-order valence-electron chi connectivity index (χ3n) is 2.77. The summed E-state index contributed by atoms with van der Waals surface area (Å²) < 4.78 is 1.74. The Labute approximate surface area is 119 Å². The van der Waals surface area contributed by atoms with E-state index in [1.165, 1.54) is 0 Å². The van der Waals surface area contributed by atoms with E-state index in [-0.39, 0.29) is 5.56 Å². The van der Waals surface area contributed by atoms with E-state index in [0.717, 1.165) is 18.5 Å². The average Bonchev–Trinajstić information content (AvgIpc) is 2.37. The number of pyridine rings is 1. The van der Waals surface area contributed by atoms with Crippen molar-refractivity contribution in [2.75, 3.05) is 20.6 Å². The highest BCUT2D eigenvalue weighted by Gasteiger charge is 2.08. The van der Waals surface area contributed by atoms with Crippen molar-refractivity contribution in [3.05, 3.63) is 41.2 Å². The van der Waals surface area contributed by atoms with E-state index in [2.05, 4.69) is 18.0 Å². The van der Waals surface area contributed by atoms with Crippen LogP contribution in [0.3, 0.4) is 0 Å². The van der Waals surface area contributed by atoms with Crippen LogP contribution in [-0.4, -0.2) is 41.2 Å². The van der Waals surface area contributed by atoms with Gasteiger partial charge in [-0.25, -0.2) is 9.79 Å². The highest BCUT2D eigenvalue weighted by atomic mass is 16.4. The molecule has 1 rings (SSSR count). The van der Waals surface area contributed by atoms with Crippen LogP contribution in [-0.2, 0) is 7.05 Å². The Morgan fingerprint density at radius 3 is 2.75 bits per heavy atom. The summed E-state index contributed by atoms with van der Waals surface area (Å²) in [5, 5.41) is 9.26. The Balaban J connectivity index is 3.33. The molecule has 0 unspecified atom stereocenters. The van der Waals surface area contributed by atoms with Crippen LogP contribution >= 0.6 is 0 Å². The second-order valence-corrected chi connectivity index (χ2v) is 5.00. The van der Waals surface area contributed by atoms with Crippen LogP contribution in [0.1, 0.15) is 30.1 Å². The van der Waals surface area contributed by atoms with E-state index in [0.29, 0.717) is 12.0 Å². The quantitative estimate of drug-likeness (QED) is 0.863. The lowest BCUT2D eigenvalue weighted by Crippen LogP contribution is -2.26. The zero-order valence-electron chi connectivity index (χ0n) is 12.6. The van der Waals surface area contributed by atoms with E-state index in [1.54, 1.807) is 29.9 Å². The lowest BCUT2D eigenvalue weighted by molar-refractivity contribution is 0.0694. The van der Waals surface area contributed by atoms with Gasteiger partial charge in [-0.05, 0) is 32.6 Å². The number of likely N-dealkylation sites (N-methyl/N-ethyl adjacent to an activating group) is 1. The Kier molecular flexibility index (Phi) is 6.18. The van der Waals surface area contributed by atoms with Crippen molar-refractivity contribution in [2.24, 2.45) is 12.0 Å². The highest BCUT2D eigenvalue weighted by Crippen LogP contribution is 2.03. The molecule has 20 heavy (non-hydrogen) atoms. The first kappa shape index (κ1) is 16.2. The van der Waals surface area contributed by atoms with E-state index in [9.17, 15) is 9.90 Å². The number of hydrogen-bond acceptors (Lipinski definition) is 3. The predicted molar refractivity (Wildman–Crippen MR) is 79.5 cm³/mol. The second-order valence-electron chi connectivity index (χ2n) is 5.00. The number of rotatable bonds is 6. The van der Waals surface area contributed by atoms with Crippen molar-refractivity contribution in [3.8, 4) is 0 Å². The van der Waals surface area contributed by atoms with Crippen LogP contribution in [0.2, 0.25) is 0 Å². The number of allylic oxidation sites excluding steroid dienone is 1. The maximum absolute atomic E-state index is 11.3. The van der Waals surface area contributed by atoms with Crippen LogP contribution in [0.4, 0.5) is 0 Å². The van der Waals surface area contributed by atoms with Gasteiger partial charge in [0.2, 0.25) is 0 Å². The van der Waals surface area contributed by atoms with Gasteiger partial charge >= 0.3 is 5.97 Å². The second kappa shape index (κ2) is 7.65. The average molecular weight is 277 g/mol. The molecule has 5 nitrogen and oxygen atoms in total. The number of nitrogens with zero attached hydrogens (tertiary/aromatic N) is 3. The maximum atomic E-state index is 11.3. The first-order valence-corrected chi connectivity index (χ1v) is 6.73. The standard InChI is InChI=1S/C15H23N3O2/c1-5-6-8-12(11-17(2)3)16-14-13(15(19)20)9-7-10-18(14)4/h7-10H,5-6,11H2,1-4H3,(H,19,20)/b12-8+,16-14?. The molecule has 0 aromatic carbocycles. The van der Waals surface area contributed by atoms with Crippen LogP contribution in [0.15, 0.2) is 35.1 Å². The third-order valence-corrected chi connectivity index (χ3v) is 2.77. The van der Waals surface area contributed by atoms with Crippen LogP contribution in [0.5, 0.6) is 0 Å². The van der Waals surface area contributed by atoms with Gasteiger partial charge in [-0.1, -0.05) is 19.4 Å². The Morgan fingerprint density at radius 2 is 2.20 bits per heavy atom. The van der Waals surface area contributed by atoms with Gasteiger partial charge in [0.1, 0.15) is 11.1 Å². The molecule has 0 radical (unpaired) electrons. The maximum Gasteiger partial charge on any atom is 0.339 e. The minimum Gasteiger partial charge on any atom is -0.478 e. The lowest BCUT2D eigenvalue weighted by atomic mass is 10.2. The minimum atomic E-state index is -0.959. The summed E-state index contributed by atoms with van der Waals surface area (Å²) in [7, 11) is 5.75. The van der Waals surface area contributed by atoms with Crippen molar-refractivity contribution in [2.45, 2.75) is 19.8 Å². The molecule has 1 N–H and O–H groups in total. The van der Waals surface area contributed by atoms with Crippen LogP contribution < -0.4 is 5.49 Å². The molecular weight excluding hydrogens is 254 g/mol. The zero-order chi connectivity index (χ0) is 15.1. The van der Waals surface area contributed by atoms with E-state index < -0.39 is 5.97 Å². The molecule has 0 atom stereocenters. The summed E-state index contributed by atoms with van der Waals surface area (Å²) in [6.45, 7) is 2.79. The SMILES string of the molecule is CCC/C=C(\CN(C)C)N=c1c(C(=O)O)cccn1C. The van der Waals surface area contributed by atoms with Gasteiger partial charge in [-0.15, -0.1) is 0 Å². The van der Waals surface area contributed by atoms with Crippen molar-refractivity contribution in [1.82, 2.24) is 9.47 Å². The number of aryl methyl sites for hydroxylation is 1. The molecule has 0 aliphatic carbocycles. The number of carboxylic acid groups (broad SMARTS) is 1. The third kappa shape index (κ3) is 4.66. The molecule has 0 aliphatic rings. The smallest absolute Gasteiger partial charge is 0.339 e. The number of carboxylic acids is 1. The molecule has 0 saturated carbocycles. The fourth-order valence-corrected chi connectivity index (χ4v) is 1.83. The monoisotopic (exact) mass is 277 g/mol. The van der Waals surface area contributed by atoms with Crippen LogP contribution in [0, 0.1) is 0 Å². The van der Waals surface area contributed by atoms with E-state index in [4.69, 9.17) is 0 Å². The fourth-order valence-electron chi connectivity index (χ4n) is 1.83. The largest absolute Gasteiger partial charge is 0.478 e. The highest BCUT2D eigenvalue weighted by molar-refractivity contribution is 5.86. The molecule has 0 saturated heterocycles. The molecule has 1 aromatic heterocycles. The van der Waals surface area contributed by atoms with Gasteiger partial charge in [-0.3, -0.25) is 0 Å². The first-order valence-electron chi connectivity index (χ1n) is 6.73. The molecular formula is C15H23N3O2. The van der Waals surface area contributed by atoms with Crippen molar-refractivity contribution in [3.63, 3.8) is 0 Å². The first-order chi connectivity index (χ1) is 9.45. The molecule has 110 valence electrons. The summed E-state index contributed by atoms with van der Waals surface area (Å²) in [5.74, 6) is -0.959. The van der Waals surface area contributed by atoms with Gasteiger partial charge < -0.3 is 14.6 Å². The van der Waals surface area contributed by atoms with E-state index in [1.807, 2.05) is 19.0 Å². The summed E-state index contributed by atoms with van der Waals surface area (Å²) in [6.07, 6.45) is 5.85. The Hall–Kier alpha value is -1.88. The topological polar surface area (TPSA) is 57.8 Å². The Bertz CT molecular complexity index is 556. The van der Waals surface area contributed by atoms with Gasteiger partial charge in [0, 0.05) is 19.8 Å². The minimum absolute atomic E-state index is 0.219. The van der Waals surface area contributed by atoms with Gasteiger partial charge in [0.15, 0.2) is 0 Å². The molecule has 0 amide bonds. The van der Waals surface area contributed by atoms with E-state index >= 15 is 0 Å². The number of aromatic carboxylic acids is 1. The van der Waals surface area contributed by atoms with Crippen molar-refractivity contribution < 1.29 is 9.90 Å². The summed E-state index contributed by atoms with van der Waals surface area (Å²) >= 11 is 0. The normalized spacial score (nSPS) is 13.1. The van der Waals surface area contributed by atoms with Gasteiger partial charge in [0.05, 0.1) is 5.70 Å². The number of carbonyl (C=O) groups is 1. The zero-order valence-corrected chi connectivity index (χ0v) is 12.6. The Morgan fingerprint density at radius 1 is 1.50 bits per heavy atom. The molecule has 5 heteroatoms. The molecule has 0 spiro atoms. The lowest BCUT2D eigenvalue weighted by Gasteiger charge is -2.11. The van der Waals surface area contributed by atoms with Gasteiger partial charge in [-0.2, -0.15) is 0 Å². The molecule has 0 aliphatic heterocycles. The van der Waals surface area contributed by atoms with Crippen molar-refractivity contribution in [1.29, 1.82) is 0 Å². The number of unbranched alkanes of at least 4 members (excludes halogenated alkanes) is 1. The number of aromatic nitrogens is 1. The molecule has 1 aromatic rings. The number of hydrogen-bond donors (Lipinski definition) is 1. The van der Waals surface area contributed by atoms with Gasteiger partial charge in [0.25, 0.3) is 0 Å². The summed E-state index contributed by atoms with van der Waals surface area (Å²) in [4.78, 5) is 17.9. The van der Waals surface area contributed by atoms with Crippen LogP contribution in [0.25, 0.3) is 0 Å². The molecule has 0 fully saturated rings. The predicted octanol–water partition coefficient (Wildman–Crippen LogP) is 1.87.